The van der Waals surface area contributed by atoms with E-state index in [1.807, 2.05) is 0 Å². The maximum atomic E-state index is 5.13. The minimum Gasteiger partial charge on any atom is -0.250 e. The van der Waals surface area contributed by atoms with E-state index in [4.69, 9.17) is 9.97 Å². The average Bonchev–Trinajstić information content (AvgIpc) is 2.64. The molecule has 2 heteroatoms. The third-order valence-electron chi connectivity index (χ3n) is 5.98. The van der Waals surface area contributed by atoms with E-state index in [2.05, 4.69) is 53.7 Å². The molecule has 2 heterocycles. The summed E-state index contributed by atoms with van der Waals surface area (Å²) in [5.74, 6) is 0. The minimum atomic E-state index is 1.06. The molecule has 0 unspecified atom stereocenters. The number of fused-ring (bicyclic) bond motifs is 3. The highest BCUT2D eigenvalue weighted by Crippen LogP contribution is 2.32. The number of hydrogen-bond acceptors (Lipinski definition) is 2. The second kappa shape index (κ2) is 7.73. The molecule has 0 radical (unpaired) electrons. The number of nitrogens with zero attached hydrogens (tertiary/aromatic N) is 2. The zero-order valence-electron chi connectivity index (χ0n) is 17.3. The van der Waals surface area contributed by atoms with Gasteiger partial charge in [-0.25, -0.2) is 0 Å². The molecular weight excluding hydrogens is 316 g/mol. The van der Waals surface area contributed by atoms with Crippen molar-refractivity contribution in [3.8, 4) is 0 Å². The normalized spacial score (nSPS) is 11.6. The molecule has 0 fully saturated rings. The molecule has 138 valence electrons. The van der Waals surface area contributed by atoms with Gasteiger partial charge >= 0.3 is 0 Å². The van der Waals surface area contributed by atoms with Crippen molar-refractivity contribution in [3.05, 3.63) is 45.8 Å². The Labute approximate surface area is 158 Å². The van der Waals surface area contributed by atoms with Gasteiger partial charge in [-0.3, -0.25) is 9.97 Å². The molecule has 0 aliphatic heterocycles. The number of pyridine rings is 2. The Balaban J connectivity index is 2.32. The van der Waals surface area contributed by atoms with Gasteiger partial charge in [-0.05, 0) is 75.6 Å². The van der Waals surface area contributed by atoms with E-state index in [-0.39, 0.29) is 0 Å². The van der Waals surface area contributed by atoms with Crippen LogP contribution in [0.3, 0.4) is 0 Å². The van der Waals surface area contributed by atoms with Gasteiger partial charge in [0.15, 0.2) is 0 Å². The maximum absolute atomic E-state index is 5.13. The van der Waals surface area contributed by atoms with Gasteiger partial charge in [0.25, 0.3) is 0 Å². The number of rotatable bonds is 6. The first-order chi connectivity index (χ1) is 12.5. The molecule has 0 saturated carbocycles. The van der Waals surface area contributed by atoms with Crippen LogP contribution in [0.25, 0.3) is 21.8 Å². The van der Waals surface area contributed by atoms with Crippen molar-refractivity contribution in [2.75, 3.05) is 0 Å². The lowest BCUT2D eigenvalue weighted by molar-refractivity contribution is 0.772. The molecule has 0 aliphatic rings. The smallest absolute Gasteiger partial charge is 0.0970 e. The minimum absolute atomic E-state index is 1.06. The van der Waals surface area contributed by atoms with E-state index in [1.54, 1.807) is 0 Å². The van der Waals surface area contributed by atoms with Crippen LogP contribution in [0, 0.1) is 27.7 Å². The molecule has 0 atom stereocenters. The second-order valence-electron chi connectivity index (χ2n) is 7.68. The summed E-state index contributed by atoms with van der Waals surface area (Å²) in [6.45, 7) is 13.4. The third kappa shape index (κ3) is 3.22. The number of unbranched alkanes of at least 4 members (excludes halogenated alkanes) is 2. The topological polar surface area (TPSA) is 25.8 Å². The molecule has 0 bridgehead atoms. The van der Waals surface area contributed by atoms with Gasteiger partial charge in [0.05, 0.1) is 11.0 Å². The van der Waals surface area contributed by atoms with Crippen LogP contribution in [-0.4, -0.2) is 9.97 Å². The Bertz CT molecular complexity index is 875. The second-order valence-corrected chi connectivity index (χ2v) is 7.68. The van der Waals surface area contributed by atoms with E-state index in [9.17, 15) is 0 Å². The quantitative estimate of drug-likeness (QED) is 0.463. The van der Waals surface area contributed by atoms with E-state index in [0.29, 0.717) is 0 Å². The van der Waals surface area contributed by atoms with Crippen LogP contribution in [0.1, 0.15) is 73.2 Å². The van der Waals surface area contributed by atoms with E-state index >= 15 is 0 Å². The summed E-state index contributed by atoms with van der Waals surface area (Å²) >= 11 is 0. The van der Waals surface area contributed by atoms with Crippen molar-refractivity contribution < 1.29 is 0 Å². The summed E-state index contributed by atoms with van der Waals surface area (Å²) in [5, 5.41) is 2.51. The molecule has 2 aromatic heterocycles. The largest absolute Gasteiger partial charge is 0.250 e. The van der Waals surface area contributed by atoms with Gasteiger partial charge < -0.3 is 0 Å². The highest BCUT2D eigenvalue weighted by atomic mass is 14.8. The van der Waals surface area contributed by atoms with Crippen molar-refractivity contribution in [2.45, 2.75) is 80.1 Å². The first-order valence-corrected chi connectivity index (χ1v) is 10.2. The van der Waals surface area contributed by atoms with Crippen LogP contribution in [-0.2, 0) is 12.8 Å². The summed E-state index contributed by atoms with van der Waals surface area (Å²) in [4.78, 5) is 10.3. The van der Waals surface area contributed by atoms with E-state index in [1.165, 1.54) is 70.1 Å². The molecule has 0 N–H and O–H groups in total. The van der Waals surface area contributed by atoms with Crippen molar-refractivity contribution >= 4 is 21.8 Å². The molecular formula is C24H32N2. The van der Waals surface area contributed by atoms with Crippen LogP contribution in [0.4, 0.5) is 0 Å². The van der Waals surface area contributed by atoms with Crippen LogP contribution >= 0.6 is 0 Å². The standard InChI is InChI=1S/C24H32N2/c1-7-9-11-21-17(5)15(3)19-13-14-20-16(4)18(6)22(12-10-8-2)26-24(20)23(19)25-21/h13-14H,7-12H2,1-6H3. The number of aromatic nitrogens is 2. The molecule has 2 nitrogen and oxygen atoms in total. The van der Waals surface area contributed by atoms with Gasteiger partial charge in [-0.2, -0.15) is 0 Å². The lowest BCUT2D eigenvalue weighted by atomic mass is 9.95. The van der Waals surface area contributed by atoms with Gasteiger partial charge in [0.1, 0.15) is 0 Å². The van der Waals surface area contributed by atoms with Crippen LogP contribution in [0.15, 0.2) is 12.1 Å². The average molecular weight is 349 g/mol. The summed E-state index contributed by atoms with van der Waals surface area (Å²) in [7, 11) is 0. The van der Waals surface area contributed by atoms with E-state index in [0.717, 1.165) is 23.9 Å². The Hall–Kier alpha value is -1.96. The van der Waals surface area contributed by atoms with Crippen molar-refractivity contribution in [3.63, 3.8) is 0 Å². The molecule has 0 saturated heterocycles. The van der Waals surface area contributed by atoms with Gasteiger partial charge in [-0.1, -0.05) is 38.8 Å². The summed E-state index contributed by atoms with van der Waals surface area (Å²) in [6.07, 6.45) is 6.90. The molecule has 3 aromatic rings. The SMILES string of the molecule is CCCCc1nc2c(ccc3c(C)c(C)c(CCCC)nc32)c(C)c1C. The van der Waals surface area contributed by atoms with Crippen molar-refractivity contribution in [2.24, 2.45) is 0 Å². The molecule has 3 rings (SSSR count). The molecule has 0 amide bonds. The van der Waals surface area contributed by atoms with Crippen LogP contribution in [0.5, 0.6) is 0 Å². The Morgan fingerprint density at radius 2 is 1.00 bits per heavy atom. The summed E-state index contributed by atoms with van der Waals surface area (Å²) < 4.78 is 0. The lowest BCUT2D eigenvalue weighted by Crippen LogP contribution is -2.03. The van der Waals surface area contributed by atoms with Crippen LogP contribution in [0.2, 0.25) is 0 Å². The highest BCUT2D eigenvalue weighted by Gasteiger charge is 2.15. The maximum Gasteiger partial charge on any atom is 0.0970 e. The van der Waals surface area contributed by atoms with Crippen molar-refractivity contribution in [1.82, 2.24) is 9.97 Å². The third-order valence-corrected chi connectivity index (χ3v) is 5.98. The predicted octanol–water partition coefficient (Wildman–Crippen LogP) is 6.70. The fourth-order valence-corrected chi connectivity index (χ4v) is 3.86. The van der Waals surface area contributed by atoms with Gasteiger partial charge in [0.2, 0.25) is 0 Å². The Morgan fingerprint density at radius 3 is 1.35 bits per heavy atom. The van der Waals surface area contributed by atoms with Crippen molar-refractivity contribution in [1.29, 1.82) is 0 Å². The molecule has 26 heavy (non-hydrogen) atoms. The Kier molecular flexibility index (Phi) is 5.60. The molecule has 0 spiro atoms. The fraction of sp³-hybridized carbons (Fsp3) is 0.500. The summed E-state index contributed by atoms with van der Waals surface area (Å²) in [5.41, 5.74) is 10.1. The fourth-order valence-electron chi connectivity index (χ4n) is 3.86. The highest BCUT2D eigenvalue weighted by molar-refractivity contribution is 6.05. The van der Waals surface area contributed by atoms with Crippen LogP contribution < -0.4 is 0 Å². The van der Waals surface area contributed by atoms with Gasteiger partial charge in [0, 0.05) is 22.2 Å². The van der Waals surface area contributed by atoms with E-state index < -0.39 is 0 Å². The molecule has 1 aromatic carbocycles. The first kappa shape index (κ1) is 18.8. The monoisotopic (exact) mass is 348 g/mol. The lowest BCUT2D eigenvalue weighted by Gasteiger charge is -2.16. The van der Waals surface area contributed by atoms with Gasteiger partial charge in [-0.15, -0.1) is 0 Å². The number of hydrogen-bond donors (Lipinski definition) is 0. The number of aryl methyl sites for hydroxylation is 4. The number of benzene rings is 1. The zero-order chi connectivity index (χ0) is 18.8. The first-order valence-electron chi connectivity index (χ1n) is 10.2. The molecule has 0 aliphatic carbocycles. The predicted molar refractivity (Wildman–Crippen MR) is 113 cm³/mol. The summed E-state index contributed by atoms with van der Waals surface area (Å²) in [6, 6.07) is 4.49. The zero-order valence-corrected chi connectivity index (χ0v) is 17.3. The Morgan fingerprint density at radius 1 is 0.615 bits per heavy atom.